The summed E-state index contributed by atoms with van der Waals surface area (Å²) in [6.45, 7) is 1.07. The summed E-state index contributed by atoms with van der Waals surface area (Å²) in [5.41, 5.74) is 0.204. The lowest BCUT2D eigenvalue weighted by atomic mass is 9.90. The minimum absolute atomic E-state index is 0.0856. The number of rotatable bonds is 3. The molecule has 0 bridgehead atoms. The molecule has 1 aromatic carbocycles. The van der Waals surface area contributed by atoms with Crippen LogP contribution in [0, 0.1) is 0 Å². The average Bonchev–Trinajstić information content (AvgIpc) is 3.05. The smallest absolute Gasteiger partial charge is 0.354 e. The van der Waals surface area contributed by atoms with Crippen LogP contribution in [0.2, 0.25) is 0 Å². The number of carbonyl (C=O) groups is 2. The average molecular weight is 420 g/mol. The zero-order chi connectivity index (χ0) is 21.3. The first-order chi connectivity index (χ1) is 14.3. The molecule has 1 fully saturated rings. The van der Waals surface area contributed by atoms with E-state index in [-0.39, 0.29) is 17.5 Å². The van der Waals surface area contributed by atoms with Crippen LogP contribution in [0.3, 0.4) is 0 Å². The molecule has 1 aromatic heterocycles. The van der Waals surface area contributed by atoms with E-state index in [4.69, 9.17) is 0 Å². The fraction of sp³-hybridized carbons (Fsp3) is 0.476. The Morgan fingerprint density at radius 2 is 2.07 bits per heavy atom. The van der Waals surface area contributed by atoms with Gasteiger partial charge in [0.05, 0.1) is 5.56 Å². The van der Waals surface area contributed by atoms with E-state index in [2.05, 4.69) is 15.6 Å². The number of aromatic nitrogens is 2. The molecule has 3 heterocycles. The predicted octanol–water partition coefficient (Wildman–Crippen LogP) is 3.03. The van der Waals surface area contributed by atoms with Gasteiger partial charge in [0.2, 0.25) is 5.91 Å². The van der Waals surface area contributed by atoms with Crippen LogP contribution in [0.1, 0.15) is 59.0 Å². The van der Waals surface area contributed by atoms with Crippen molar-refractivity contribution in [3.63, 3.8) is 0 Å². The van der Waals surface area contributed by atoms with Crippen molar-refractivity contribution < 1.29 is 22.8 Å². The summed E-state index contributed by atoms with van der Waals surface area (Å²) < 4.78 is 40.9. The fourth-order valence-electron chi connectivity index (χ4n) is 4.10. The third-order valence-electron chi connectivity index (χ3n) is 5.75. The van der Waals surface area contributed by atoms with E-state index >= 15 is 0 Å². The molecular formula is C21H23F3N4O2. The number of alkyl halides is 3. The topological polar surface area (TPSA) is 76.0 Å². The molecule has 30 heavy (non-hydrogen) atoms. The molecule has 9 heteroatoms. The molecule has 2 aromatic rings. The van der Waals surface area contributed by atoms with Gasteiger partial charge < -0.3 is 15.2 Å². The highest BCUT2D eigenvalue weighted by molar-refractivity contribution is 5.96. The van der Waals surface area contributed by atoms with Crippen molar-refractivity contribution in [2.24, 2.45) is 0 Å². The third kappa shape index (κ3) is 4.34. The highest BCUT2D eigenvalue weighted by atomic mass is 19.4. The second-order valence-corrected chi connectivity index (χ2v) is 7.87. The molecule has 0 aliphatic carbocycles. The van der Waals surface area contributed by atoms with Gasteiger partial charge in [-0.2, -0.15) is 13.2 Å². The van der Waals surface area contributed by atoms with Crippen LogP contribution in [-0.4, -0.2) is 34.0 Å². The molecule has 160 valence electrons. The summed E-state index contributed by atoms with van der Waals surface area (Å²) in [5, 5.41) is 5.53. The van der Waals surface area contributed by atoms with Crippen LogP contribution in [0.5, 0.6) is 0 Å². The number of fused-ring (bicyclic) bond motifs is 1. The minimum atomic E-state index is -4.37. The summed E-state index contributed by atoms with van der Waals surface area (Å²) in [6.07, 6.45) is 0.792. The van der Waals surface area contributed by atoms with Crippen LogP contribution in [-0.2, 0) is 23.9 Å². The quantitative estimate of drug-likeness (QED) is 0.802. The number of halogens is 3. The number of nitrogens with zero attached hydrogens (tertiary/aromatic N) is 2. The van der Waals surface area contributed by atoms with Gasteiger partial charge in [-0.15, -0.1) is 0 Å². The summed E-state index contributed by atoms with van der Waals surface area (Å²) in [7, 11) is 0. The predicted molar refractivity (Wildman–Crippen MR) is 103 cm³/mol. The van der Waals surface area contributed by atoms with E-state index in [0.717, 1.165) is 24.7 Å². The van der Waals surface area contributed by atoms with Gasteiger partial charge in [-0.3, -0.25) is 9.59 Å². The van der Waals surface area contributed by atoms with Gasteiger partial charge in [-0.25, -0.2) is 4.98 Å². The summed E-state index contributed by atoms with van der Waals surface area (Å²) in [6, 6.07) is 4.83. The molecule has 1 saturated heterocycles. The van der Waals surface area contributed by atoms with E-state index < -0.39 is 23.7 Å². The van der Waals surface area contributed by atoms with Crippen LogP contribution in [0.25, 0.3) is 0 Å². The molecule has 2 aliphatic rings. The van der Waals surface area contributed by atoms with E-state index in [0.29, 0.717) is 37.9 Å². The van der Waals surface area contributed by atoms with Gasteiger partial charge in [0.1, 0.15) is 17.6 Å². The van der Waals surface area contributed by atoms with Crippen molar-refractivity contribution in [1.82, 2.24) is 20.2 Å². The first-order valence-corrected chi connectivity index (χ1v) is 10.1. The van der Waals surface area contributed by atoms with E-state index in [9.17, 15) is 22.8 Å². The number of imidazole rings is 1. The third-order valence-corrected chi connectivity index (χ3v) is 5.75. The zero-order valence-electron chi connectivity index (χ0n) is 16.3. The number of nitrogens with one attached hydrogen (secondary N) is 2. The lowest BCUT2D eigenvalue weighted by Gasteiger charge is -2.24. The summed E-state index contributed by atoms with van der Waals surface area (Å²) in [5.74, 6) is 0.0511. The number of benzene rings is 1. The molecule has 0 unspecified atom stereocenters. The Labute approximate surface area is 171 Å². The Bertz CT molecular complexity index is 954. The van der Waals surface area contributed by atoms with Crippen molar-refractivity contribution >= 4 is 11.8 Å². The van der Waals surface area contributed by atoms with Gasteiger partial charge in [-0.05, 0) is 37.3 Å². The molecule has 2 atom stereocenters. The van der Waals surface area contributed by atoms with E-state index in [1.165, 1.54) is 12.1 Å². The molecule has 6 nitrogen and oxygen atoms in total. The van der Waals surface area contributed by atoms with Crippen molar-refractivity contribution in [1.29, 1.82) is 0 Å². The zero-order valence-corrected chi connectivity index (χ0v) is 16.3. The van der Waals surface area contributed by atoms with Crippen molar-refractivity contribution in [3.8, 4) is 0 Å². The SMILES string of the molecule is O=C(N[C@@H]1CCCCNC1=O)c1cn2c(n1)CC[C@@H](c1cccc(C(F)(F)F)c1)C2. The molecular weight excluding hydrogens is 397 g/mol. The fourth-order valence-corrected chi connectivity index (χ4v) is 4.10. The normalized spacial score (nSPS) is 22.0. The standard InChI is InChI=1S/C21H23F3N4O2/c22-21(23,24)15-5-3-4-13(10-15)14-7-8-18-26-17(12-28(18)11-14)20(30)27-16-6-1-2-9-25-19(16)29/h3-5,10,12,14,16H,1-2,6-9,11H2,(H,25,29)(H,27,30)/t14-,16-/m1/s1. The highest BCUT2D eigenvalue weighted by Crippen LogP contribution is 2.34. The minimum Gasteiger partial charge on any atom is -0.354 e. The van der Waals surface area contributed by atoms with Crippen LogP contribution in [0.4, 0.5) is 13.2 Å². The van der Waals surface area contributed by atoms with Crippen LogP contribution >= 0.6 is 0 Å². The molecule has 0 radical (unpaired) electrons. The number of aryl methyl sites for hydroxylation is 1. The maximum absolute atomic E-state index is 13.0. The second kappa shape index (κ2) is 8.12. The van der Waals surface area contributed by atoms with Gasteiger partial charge in [0.25, 0.3) is 5.91 Å². The van der Waals surface area contributed by atoms with Crippen LogP contribution < -0.4 is 10.6 Å². The second-order valence-electron chi connectivity index (χ2n) is 7.87. The monoisotopic (exact) mass is 420 g/mol. The molecule has 0 saturated carbocycles. The van der Waals surface area contributed by atoms with Crippen LogP contribution in [0.15, 0.2) is 30.5 Å². The van der Waals surface area contributed by atoms with Gasteiger partial charge in [0.15, 0.2) is 0 Å². The molecule has 2 aliphatic heterocycles. The number of hydrogen-bond acceptors (Lipinski definition) is 3. The Hall–Kier alpha value is -2.84. The molecule has 0 spiro atoms. The summed E-state index contributed by atoms with van der Waals surface area (Å²) >= 11 is 0. The number of hydrogen-bond donors (Lipinski definition) is 2. The Balaban J connectivity index is 1.47. The van der Waals surface area contributed by atoms with Crippen molar-refractivity contribution in [2.75, 3.05) is 6.54 Å². The lowest BCUT2D eigenvalue weighted by Crippen LogP contribution is -2.45. The molecule has 2 N–H and O–H groups in total. The Morgan fingerprint density at radius 3 is 2.87 bits per heavy atom. The van der Waals surface area contributed by atoms with Gasteiger partial charge >= 0.3 is 6.18 Å². The first kappa shape index (κ1) is 20.4. The maximum Gasteiger partial charge on any atom is 0.416 e. The van der Waals surface area contributed by atoms with Crippen molar-refractivity contribution in [2.45, 2.75) is 56.8 Å². The van der Waals surface area contributed by atoms with Gasteiger partial charge in [0, 0.05) is 31.6 Å². The first-order valence-electron chi connectivity index (χ1n) is 10.1. The number of carbonyl (C=O) groups excluding carboxylic acids is 2. The molecule has 2 amide bonds. The highest BCUT2D eigenvalue weighted by Gasteiger charge is 2.32. The van der Waals surface area contributed by atoms with E-state index in [1.807, 2.05) is 4.57 Å². The van der Waals surface area contributed by atoms with Crippen molar-refractivity contribution in [3.05, 3.63) is 53.1 Å². The largest absolute Gasteiger partial charge is 0.416 e. The van der Waals surface area contributed by atoms with Gasteiger partial charge in [-0.1, -0.05) is 18.2 Å². The van der Waals surface area contributed by atoms with E-state index in [1.54, 1.807) is 12.3 Å². The Morgan fingerprint density at radius 1 is 1.23 bits per heavy atom. The maximum atomic E-state index is 13.0. The Kier molecular flexibility index (Phi) is 5.53. The summed E-state index contributed by atoms with van der Waals surface area (Å²) in [4.78, 5) is 29.0. The number of amides is 2. The lowest BCUT2D eigenvalue weighted by molar-refractivity contribution is -0.137. The molecule has 4 rings (SSSR count).